The highest BCUT2D eigenvalue weighted by Gasteiger charge is 2.08. The van der Waals surface area contributed by atoms with E-state index in [-0.39, 0.29) is 0 Å². The van der Waals surface area contributed by atoms with Crippen LogP contribution in [0.15, 0.2) is 12.4 Å². The Kier molecular flexibility index (Phi) is 4.33. The van der Waals surface area contributed by atoms with E-state index in [1.54, 1.807) is 0 Å². The second-order valence-electron chi connectivity index (χ2n) is 5.37. The molecule has 1 N–H and O–H groups in total. The molecule has 0 bridgehead atoms. The molecule has 15 heavy (non-hydrogen) atoms. The summed E-state index contributed by atoms with van der Waals surface area (Å²) in [5, 5.41) is 7.71. The minimum atomic E-state index is 0.377. The Balaban J connectivity index is 2.07. The number of aryl methyl sites for hydroxylation is 2. The predicted octanol–water partition coefficient (Wildman–Crippen LogP) is 2.22. The smallest absolute Gasteiger partial charge is 0.0518 e. The van der Waals surface area contributed by atoms with Crippen molar-refractivity contribution < 1.29 is 0 Å². The van der Waals surface area contributed by atoms with Gasteiger partial charge < -0.3 is 5.32 Å². The lowest BCUT2D eigenvalue weighted by Crippen LogP contribution is -2.28. The summed E-state index contributed by atoms with van der Waals surface area (Å²) >= 11 is 0. The molecule has 0 aliphatic rings. The Hall–Kier alpha value is -0.830. The van der Waals surface area contributed by atoms with Gasteiger partial charge in [0.1, 0.15) is 0 Å². The fourth-order valence-corrected chi connectivity index (χ4v) is 1.42. The number of rotatable bonds is 5. The fraction of sp³-hybridized carbons (Fsp3) is 0.750. The van der Waals surface area contributed by atoms with Crippen LogP contribution in [0, 0.1) is 12.3 Å². The SMILES string of the molecule is Cc1cnn(CCCNCC(C)(C)C)c1. The van der Waals surface area contributed by atoms with Gasteiger partial charge in [0.05, 0.1) is 6.20 Å². The third-order valence-electron chi connectivity index (χ3n) is 2.16. The van der Waals surface area contributed by atoms with E-state index in [0.29, 0.717) is 5.41 Å². The van der Waals surface area contributed by atoms with Crippen molar-refractivity contribution in [1.29, 1.82) is 0 Å². The van der Waals surface area contributed by atoms with Gasteiger partial charge in [0.2, 0.25) is 0 Å². The van der Waals surface area contributed by atoms with Gasteiger partial charge in [-0.15, -0.1) is 0 Å². The van der Waals surface area contributed by atoms with Gasteiger partial charge in [0.15, 0.2) is 0 Å². The molecule has 1 heterocycles. The molecule has 3 heteroatoms. The van der Waals surface area contributed by atoms with Crippen molar-refractivity contribution in [3.05, 3.63) is 18.0 Å². The van der Waals surface area contributed by atoms with E-state index < -0.39 is 0 Å². The highest BCUT2D eigenvalue weighted by Crippen LogP contribution is 2.09. The van der Waals surface area contributed by atoms with E-state index in [9.17, 15) is 0 Å². The van der Waals surface area contributed by atoms with Gasteiger partial charge in [0, 0.05) is 12.7 Å². The van der Waals surface area contributed by atoms with Gasteiger partial charge in [-0.2, -0.15) is 5.10 Å². The standard InChI is InChI=1S/C12H23N3/c1-11-8-14-15(9-11)7-5-6-13-10-12(2,3)4/h8-9,13H,5-7,10H2,1-4H3. The van der Waals surface area contributed by atoms with Gasteiger partial charge in [0.25, 0.3) is 0 Å². The van der Waals surface area contributed by atoms with Crippen LogP contribution in [0.1, 0.15) is 32.8 Å². The van der Waals surface area contributed by atoms with Crippen LogP contribution in [-0.4, -0.2) is 22.9 Å². The van der Waals surface area contributed by atoms with Crippen LogP contribution in [0.2, 0.25) is 0 Å². The summed E-state index contributed by atoms with van der Waals surface area (Å²) in [5.41, 5.74) is 1.61. The highest BCUT2D eigenvalue weighted by atomic mass is 15.3. The van der Waals surface area contributed by atoms with Crippen molar-refractivity contribution in [3.63, 3.8) is 0 Å². The summed E-state index contributed by atoms with van der Waals surface area (Å²) in [6.07, 6.45) is 5.13. The van der Waals surface area contributed by atoms with Crippen LogP contribution in [0.3, 0.4) is 0 Å². The summed E-state index contributed by atoms with van der Waals surface area (Å²) in [5.74, 6) is 0. The first-order chi connectivity index (χ1) is 6.97. The lowest BCUT2D eigenvalue weighted by Gasteiger charge is -2.18. The molecule has 0 aromatic carbocycles. The van der Waals surface area contributed by atoms with Crippen LogP contribution in [-0.2, 0) is 6.54 Å². The molecule has 0 amide bonds. The minimum absolute atomic E-state index is 0.377. The summed E-state index contributed by atoms with van der Waals surface area (Å²) < 4.78 is 2.01. The summed E-state index contributed by atoms with van der Waals surface area (Å²) in [6.45, 7) is 12.0. The third kappa shape index (κ3) is 5.57. The van der Waals surface area contributed by atoms with Crippen molar-refractivity contribution in [2.45, 2.75) is 40.7 Å². The molecule has 0 atom stereocenters. The van der Waals surface area contributed by atoms with Gasteiger partial charge in [-0.05, 0) is 37.4 Å². The number of nitrogens with one attached hydrogen (secondary N) is 1. The zero-order chi connectivity index (χ0) is 11.3. The Bertz CT molecular complexity index is 283. The number of hydrogen-bond donors (Lipinski definition) is 1. The van der Waals surface area contributed by atoms with Crippen molar-refractivity contribution >= 4 is 0 Å². The second kappa shape index (κ2) is 5.31. The molecule has 1 aromatic heterocycles. The largest absolute Gasteiger partial charge is 0.316 e. The summed E-state index contributed by atoms with van der Waals surface area (Å²) in [6, 6.07) is 0. The molecule has 1 rings (SSSR count). The normalized spacial score (nSPS) is 12.0. The Morgan fingerprint density at radius 2 is 2.13 bits per heavy atom. The quantitative estimate of drug-likeness (QED) is 0.754. The zero-order valence-electron chi connectivity index (χ0n) is 10.4. The third-order valence-corrected chi connectivity index (χ3v) is 2.16. The Labute approximate surface area is 92.9 Å². The Morgan fingerprint density at radius 3 is 2.67 bits per heavy atom. The number of aromatic nitrogens is 2. The van der Waals surface area contributed by atoms with E-state index in [4.69, 9.17) is 0 Å². The van der Waals surface area contributed by atoms with Gasteiger partial charge in [-0.25, -0.2) is 0 Å². The van der Waals surface area contributed by atoms with Gasteiger partial charge in [-0.3, -0.25) is 4.68 Å². The molecule has 0 aliphatic heterocycles. The predicted molar refractivity (Wildman–Crippen MR) is 63.9 cm³/mol. The van der Waals surface area contributed by atoms with E-state index in [1.165, 1.54) is 5.56 Å². The average molecular weight is 209 g/mol. The number of nitrogens with zero attached hydrogens (tertiary/aromatic N) is 2. The first-order valence-corrected chi connectivity index (χ1v) is 5.67. The van der Waals surface area contributed by atoms with E-state index in [2.05, 4.69) is 44.3 Å². The van der Waals surface area contributed by atoms with Crippen LogP contribution in [0.25, 0.3) is 0 Å². The second-order valence-corrected chi connectivity index (χ2v) is 5.37. The van der Waals surface area contributed by atoms with Crippen molar-refractivity contribution in [2.75, 3.05) is 13.1 Å². The van der Waals surface area contributed by atoms with Crippen LogP contribution < -0.4 is 5.32 Å². The zero-order valence-corrected chi connectivity index (χ0v) is 10.4. The monoisotopic (exact) mass is 209 g/mol. The first kappa shape index (κ1) is 12.2. The van der Waals surface area contributed by atoms with Crippen molar-refractivity contribution in [2.24, 2.45) is 5.41 Å². The van der Waals surface area contributed by atoms with E-state index in [1.807, 2.05) is 10.9 Å². The molecular weight excluding hydrogens is 186 g/mol. The van der Waals surface area contributed by atoms with Gasteiger partial charge >= 0.3 is 0 Å². The lowest BCUT2D eigenvalue weighted by molar-refractivity contribution is 0.375. The molecular formula is C12H23N3. The van der Waals surface area contributed by atoms with Gasteiger partial charge in [-0.1, -0.05) is 20.8 Å². The molecule has 1 aromatic rings. The first-order valence-electron chi connectivity index (χ1n) is 5.67. The summed E-state index contributed by atoms with van der Waals surface area (Å²) in [4.78, 5) is 0. The maximum absolute atomic E-state index is 4.25. The van der Waals surface area contributed by atoms with Crippen LogP contribution in [0.4, 0.5) is 0 Å². The fourth-order valence-electron chi connectivity index (χ4n) is 1.42. The van der Waals surface area contributed by atoms with Crippen molar-refractivity contribution in [3.8, 4) is 0 Å². The average Bonchev–Trinajstić information content (AvgIpc) is 2.49. The minimum Gasteiger partial charge on any atom is -0.316 e. The Morgan fingerprint density at radius 1 is 1.40 bits per heavy atom. The topological polar surface area (TPSA) is 29.9 Å². The number of hydrogen-bond acceptors (Lipinski definition) is 2. The summed E-state index contributed by atoms with van der Waals surface area (Å²) in [7, 11) is 0. The highest BCUT2D eigenvalue weighted by molar-refractivity contribution is 4.99. The molecule has 0 radical (unpaired) electrons. The molecule has 0 aliphatic carbocycles. The van der Waals surface area contributed by atoms with Crippen LogP contribution in [0.5, 0.6) is 0 Å². The van der Waals surface area contributed by atoms with Crippen LogP contribution >= 0.6 is 0 Å². The molecule has 3 nitrogen and oxygen atoms in total. The lowest BCUT2D eigenvalue weighted by atomic mass is 9.97. The maximum atomic E-state index is 4.25. The molecule has 0 fully saturated rings. The van der Waals surface area contributed by atoms with E-state index in [0.717, 1.165) is 26.1 Å². The molecule has 0 spiro atoms. The van der Waals surface area contributed by atoms with E-state index >= 15 is 0 Å². The molecule has 0 saturated heterocycles. The maximum Gasteiger partial charge on any atom is 0.0518 e. The molecule has 0 saturated carbocycles. The molecule has 0 unspecified atom stereocenters. The van der Waals surface area contributed by atoms with Crippen molar-refractivity contribution in [1.82, 2.24) is 15.1 Å². The molecule has 86 valence electrons.